The van der Waals surface area contributed by atoms with Crippen LogP contribution in [-0.4, -0.2) is 34.9 Å². The van der Waals surface area contributed by atoms with Crippen LogP contribution < -0.4 is 10.5 Å². The minimum atomic E-state index is 0.0873. The summed E-state index contributed by atoms with van der Waals surface area (Å²) in [6.45, 7) is 9.52. The van der Waals surface area contributed by atoms with E-state index in [1.54, 1.807) is 6.07 Å². The average molecular weight is 404 g/mol. The Kier molecular flexibility index (Phi) is 4.78. The Balaban J connectivity index is 1.64. The van der Waals surface area contributed by atoms with Crippen LogP contribution in [0.5, 0.6) is 0 Å². The summed E-state index contributed by atoms with van der Waals surface area (Å²) in [6, 6.07) is 15.3. The Morgan fingerprint density at radius 2 is 1.70 bits per heavy atom. The zero-order chi connectivity index (χ0) is 20.8. The Labute approximate surface area is 177 Å². The van der Waals surface area contributed by atoms with Crippen molar-refractivity contribution in [3.63, 3.8) is 0 Å². The predicted molar refractivity (Wildman–Crippen MR) is 121 cm³/mol. The van der Waals surface area contributed by atoms with Crippen LogP contribution in [0.1, 0.15) is 29.8 Å². The topological polar surface area (TPSA) is 39.4 Å². The van der Waals surface area contributed by atoms with Crippen molar-refractivity contribution in [2.45, 2.75) is 46.2 Å². The minimum Gasteiger partial charge on any atom is -0.380 e. The summed E-state index contributed by atoms with van der Waals surface area (Å²) in [5.74, 6) is 1.04. The number of hydrogen-bond acceptors (Lipinski definition) is 3. The van der Waals surface area contributed by atoms with Crippen molar-refractivity contribution in [1.29, 1.82) is 0 Å². The van der Waals surface area contributed by atoms with Gasteiger partial charge in [-0.15, -0.1) is 0 Å². The number of rotatable bonds is 2. The summed E-state index contributed by atoms with van der Waals surface area (Å²) >= 11 is 0. The highest BCUT2D eigenvalue weighted by Gasteiger charge is 2.28. The van der Waals surface area contributed by atoms with Crippen molar-refractivity contribution in [2.24, 2.45) is 0 Å². The van der Waals surface area contributed by atoms with Crippen LogP contribution in [-0.2, 0) is 11.3 Å². The van der Waals surface area contributed by atoms with Gasteiger partial charge in [-0.2, -0.15) is 0 Å². The van der Waals surface area contributed by atoms with E-state index >= 15 is 0 Å². The number of aryl methyl sites for hydroxylation is 3. The maximum Gasteiger partial charge on any atom is 0.252 e. The van der Waals surface area contributed by atoms with Gasteiger partial charge >= 0.3 is 0 Å². The minimum absolute atomic E-state index is 0.0873. The molecule has 0 spiro atoms. The first kappa shape index (κ1) is 19.2. The second-order valence-corrected chi connectivity index (χ2v) is 8.58. The first-order valence-corrected chi connectivity index (χ1v) is 10.9. The molecule has 0 bridgehead atoms. The number of pyridine rings is 1. The molecule has 0 N–H and O–H groups in total. The molecule has 2 aromatic heterocycles. The molecule has 1 aromatic carbocycles. The standard InChI is InChI=1S/C25H29N3O2/c1-17-4-7-22(28-18(2)5-6-19(28)3)16-23(17)20-14-24-26-11-13-30-12-9-21(26)8-10-27(24)25(29)15-20/h4-7,14-16,21H,8-13H2,1-3H3. The molecule has 1 unspecified atom stereocenters. The van der Waals surface area contributed by atoms with Crippen LogP contribution in [0.25, 0.3) is 16.8 Å². The van der Waals surface area contributed by atoms with Crippen LogP contribution in [0.2, 0.25) is 0 Å². The Morgan fingerprint density at radius 3 is 2.50 bits per heavy atom. The van der Waals surface area contributed by atoms with E-state index in [-0.39, 0.29) is 5.56 Å². The molecule has 2 aliphatic rings. The molecule has 1 atom stereocenters. The van der Waals surface area contributed by atoms with Gasteiger partial charge in [0.25, 0.3) is 5.56 Å². The zero-order valence-electron chi connectivity index (χ0n) is 18.0. The third-order valence-electron chi connectivity index (χ3n) is 6.66. The number of anilines is 1. The normalized spacial score (nSPS) is 18.6. The van der Waals surface area contributed by atoms with Crippen molar-refractivity contribution in [2.75, 3.05) is 24.7 Å². The van der Waals surface area contributed by atoms with Crippen LogP contribution >= 0.6 is 0 Å². The van der Waals surface area contributed by atoms with Crippen molar-refractivity contribution in [3.8, 4) is 16.8 Å². The Bertz CT molecular complexity index is 1140. The maximum absolute atomic E-state index is 13.1. The monoisotopic (exact) mass is 403 g/mol. The summed E-state index contributed by atoms with van der Waals surface area (Å²) < 4.78 is 9.91. The lowest BCUT2D eigenvalue weighted by Gasteiger charge is -2.38. The molecule has 5 heteroatoms. The molecule has 3 aromatic rings. The zero-order valence-corrected chi connectivity index (χ0v) is 18.0. The summed E-state index contributed by atoms with van der Waals surface area (Å²) in [7, 11) is 0. The summed E-state index contributed by atoms with van der Waals surface area (Å²) in [5, 5.41) is 0. The van der Waals surface area contributed by atoms with Crippen molar-refractivity contribution >= 4 is 5.82 Å². The van der Waals surface area contributed by atoms with Gasteiger partial charge < -0.3 is 14.2 Å². The lowest BCUT2D eigenvalue weighted by molar-refractivity contribution is 0.150. The molecule has 156 valence electrons. The lowest BCUT2D eigenvalue weighted by atomic mass is 9.98. The largest absolute Gasteiger partial charge is 0.380 e. The van der Waals surface area contributed by atoms with Crippen LogP contribution in [0.3, 0.4) is 0 Å². The highest BCUT2D eigenvalue weighted by atomic mass is 16.5. The summed E-state index contributed by atoms with van der Waals surface area (Å²) in [4.78, 5) is 15.4. The van der Waals surface area contributed by atoms with Gasteiger partial charge in [0, 0.05) is 48.9 Å². The fraction of sp³-hybridized carbons (Fsp3) is 0.400. The number of ether oxygens (including phenoxy) is 1. The lowest BCUT2D eigenvalue weighted by Crippen LogP contribution is -2.45. The van der Waals surface area contributed by atoms with E-state index in [0.29, 0.717) is 6.04 Å². The Morgan fingerprint density at radius 1 is 0.900 bits per heavy atom. The number of hydrogen-bond donors (Lipinski definition) is 0. The SMILES string of the molecule is Cc1ccc(-n2c(C)ccc2C)cc1-c1cc2n(c(=O)c1)CCC1CCOCCN21. The Hall–Kier alpha value is -2.79. The first-order valence-electron chi connectivity index (χ1n) is 10.9. The molecule has 1 fully saturated rings. The molecule has 5 rings (SSSR count). The van der Waals surface area contributed by atoms with E-state index in [9.17, 15) is 4.79 Å². The van der Waals surface area contributed by atoms with E-state index in [1.807, 2.05) is 4.57 Å². The van der Waals surface area contributed by atoms with E-state index < -0.39 is 0 Å². The van der Waals surface area contributed by atoms with Crippen molar-refractivity contribution in [1.82, 2.24) is 9.13 Å². The molecule has 0 aliphatic carbocycles. The van der Waals surface area contributed by atoms with Gasteiger partial charge in [0.1, 0.15) is 5.82 Å². The molecule has 4 heterocycles. The third-order valence-corrected chi connectivity index (χ3v) is 6.66. The molecule has 2 aliphatic heterocycles. The van der Waals surface area contributed by atoms with Gasteiger partial charge in [-0.1, -0.05) is 6.07 Å². The fourth-order valence-electron chi connectivity index (χ4n) is 5.04. The van der Waals surface area contributed by atoms with E-state index in [0.717, 1.165) is 61.8 Å². The fourth-order valence-corrected chi connectivity index (χ4v) is 5.04. The number of aromatic nitrogens is 2. The second-order valence-electron chi connectivity index (χ2n) is 8.58. The average Bonchev–Trinajstić information content (AvgIpc) is 2.93. The molecular weight excluding hydrogens is 374 g/mol. The van der Waals surface area contributed by atoms with Crippen LogP contribution in [0.15, 0.2) is 47.3 Å². The second kappa shape index (κ2) is 7.47. The molecular formula is C25H29N3O2. The molecule has 0 saturated carbocycles. The molecule has 5 nitrogen and oxygen atoms in total. The van der Waals surface area contributed by atoms with E-state index in [2.05, 4.69) is 66.6 Å². The van der Waals surface area contributed by atoms with Crippen LogP contribution in [0.4, 0.5) is 5.82 Å². The summed E-state index contributed by atoms with van der Waals surface area (Å²) in [5.41, 5.74) is 6.93. The number of benzene rings is 1. The molecule has 0 radical (unpaired) electrons. The third kappa shape index (κ3) is 3.18. The van der Waals surface area contributed by atoms with Crippen molar-refractivity contribution in [3.05, 3.63) is 69.8 Å². The molecule has 0 amide bonds. The smallest absolute Gasteiger partial charge is 0.252 e. The van der Waals surface area contributed by atoms with Gasteiger partial charge in [0.15, 0.2) is 0 Å². The van der Waals surface area contributed by atoms with E-state index in [4.69, 9.17) is 4.74 Å². The van der Waals surface area contributed by atoms with Gasteiger partial charge in [-0.05, 0) is 80.6 Å². The van der Waals surface area contributed by atoms with Gasteiger partial charge in [-0.25, -0.2) is 0 Å². The van der Waals surface area contributed by atoms with Crippen LogP contribution in [0, 0.1) is 20.8 Å². The molecule has 1 saturated heterocycles. The number of fused-ring (bicyclic) bond motifs is 3. The maximum atomic E-state index is 13.1. The van der Waals surface area contributed by atoms with Gasteiger partial charge in [-0.3, -0.25) is 9.36 Å². The first-order chi connectivity index (χ1) is 14.5. The highest BCUT2D eigenvalue weighted by Crippen LogP contribution is 2.33. The summed E-state index contributed by atoms with van der Waals surface area (Å²) in [6.07, 6.45) is 2.04. The molecule has 30 heavy (non-hydrogen) atoms. The van der Waals surface area contributed by atoms with Gasteiger partial charge in [0.2, 0.25) is 0 Å². The van der Waals surface area contributed by atoms with Crippen molar-refractivity contribution < 1.29 is 4.74 Å². The highest BCUT2D eigenvalue weighted by molar-refractivity contribution is 5.72. The van der Waals surface area contributed by atoms with E-state index in [1.165, 1.54) is 17.0 Å². The number of nitrogens with zero attached hydrogens (tertiary/aromatic N) is 3. The van der Waals surface area contributed by atoms with Gasteiger partial charge in [0.05, 0.1) is 6.61 Å². The predicted octanol–water partition coefficient (Wildman–Crippen LogP) is 4.23. The quantitative estimate of drug-likeness (QED) is 0.643.